The van der Waals surface area contributed by atoms with E-state index in [1.165, 1.54) is 74.5 Å². The van der Waals surface area contributed by atoms with Crippen LogP contribution in [0.3, 0.4) is 0 Å². The fourth-order valence-corrected chi connectivity index (χ4v) is 4.69. The van der Waals surface area contributed by atoms with E-state index in [2.05, 4.69) is 55.1 Å². The molecule has 0 fully saturated rings. The Bertz CT molecular complexity index is 1120. The highest BCUT2D eigenvalue weighted by atomic mass is 16.5. The van der Waals surface area contributed by atoms with Crippen molar-refractivity contribution in [2.75, 3.05) is 6.61 Å². The lowest BCUT2D eigenvalue weighted by Gasteiger charge is -2.06. The van der Waals surface area contributed by atoms with Gasteiger partial charge in [-0.05, 0) is 54.5 Å². The summed E-state index contributed by atoms with van der Waals surface area (Å²) in [6, 6.07) is 26.5. The van der Waals surface area contributed by atoms with Gasteiger partial charge in [0.1, 0.15) is 0 Å². The molecule has 0 spiro atoms. The van der Waals surface area contributed by atoms with E-state index in [1.807, 2.05) is 43.3 Å². The van der Waals surface area contributed by atoms with Gasteiger partial charge in [-0.3, -0.25) is 4.79 Å². The van der Waals surface area contributed by atoms with Crippen LogP contribution in [0, 0.1) is 0 Å². The van der Waals surface area contributed by atoms with Crippen LogP contribution in [-0.4, -0.2) is 12.4 Å². The monoisotopic (exact) mass is 522 g/mol. The topological polar surface area (TPSA) is 26.3 Å². The Kier molecular flexibility index (Phi) is 14.1. The van der Waals surface area contributed by atoms with E-state index in [0.717, 1.165) is 36.1 Å². The normalized spacial score (nSPS) is 11.2. The predicted molar refractivity (Wildman–Crippen MR) is 167 cm³/mol. The van der Waals surface area contributed by atoms with Crippen molar-refractivity contribution in [2.24, 2.45) is 0 Å². The van der Waals surface area contributed by atoms with E-state index in [0.29, 0.717) is 6.61 Å². The van der Waals surface area contributed by atoms with Crippen molar-refractivity contribution in [2.45, 2.75) is 84.2 Å². The fourth-order valence-electron chi connectivity index (χ4n) is 4.69. The van der Waals surface area contributed by atoms with Crippen LogP contribution in [-0.2, 0) is 17.8 Å². The number of carbonyl (C=O) groups is 1. The highest BCUT2D eigenvalue weighted by Gasteiger charge is 2.01. The number of ether oxygens (including phenoxy) is 1. The maximum Gasteiger partial charge on any atom is 0.185 e. The molecule has 0 aromatic heterocycles. The molecule has 0 radical (unpaired) electrons. The summed E-state index contributed by atoms with van der Waals surface area (Å²) in [5, 5.41) is 0. The zero-order valence-electron chi connectivity index (χ0n) is 23.9. The summed E-state index contributed by atoms with van der Waals surface area (Å²) < 4.78 is 5.84. The maximum atomic E-state index is 12.2. The van der Waals surface area contributed by atoms with Crippen LogP contribution in [0.4, 0.5) is 0 Å². The summed E-state index contributed by atoms with van der Waals surface area (Å²) in [6.07, 6.45) is 17.8. The van der Waals surface area contributed by atoms with E-state index >= 15 is 0 Å². The third kappa shape index (κ3) is 12.4. The first kappa shape index (κ1) is 30.3. The van der Waals surface area contributed by atoms with Crippen molar-refractivity contribution in [3.63, 3.8) is 0 Å². The number of hydrogen-bond acceptors (Lipinski definition) is 2. The maximum absolute atomic E-state index is 12.2. The first-order valence-corrected chi connectivity index (χ1v) is 14.8. The van der Waals surface area contributed by atoms with Crippen molar-refractivity contribution >= 4 is 17.4 Å². The molecule has 3 aromatic rings. The summed E-state index contributed by atoms with van der Waals surface area (Å²) in [5.74, 6) is 0.0434. The molecule has 0 unspecified atom stereocenters. The number of carbonyl (C=O) groups excluding carboxylic acids is 1. The van der Waals surface area contributed by atoms with E-state index in [1.54, 1.807) is 6.08 Å². The van der Waals surface area contributed by atoms with Gasteiger partial charge in [0, 0.05) is 12.2 Å². The molecule has 0 saturated heterocycles. The highest BCUT2D eigenvalue weighted by Crippen LogP contribution is 2.15. The standard InChI is InChI=1S/C37H46O2/c1-31(2)35-26-23-34(24-27-35)30-39-29-15-10-8-6-4-3-5-7-9-12-16-32-19-21-33(22-20-32)25-28-37(38)36-17-13-11-14-18-36/h11,13-14,17-28H,1,3-10,12,15-16,29-30H2,2H3. The summed E-state index contributed by atoms with van der Waals surface area (Å²) in [5.41, 5.74) is 6.71. The summed E-state index contributed by atoms with van der Waals surface area (Å²) in [4.78, 5) is 12.2. The van der Waals surface area contributed by atoms with Gasteiger partial charge in [0.05, 0.1) is 6.61 Å². The molecule has 0 aliphatic carbocycles. The van der Waals surface area contributed by atoms with Crippen LogP contribution in [0.15, 0.2) is 91.5 Å². The quantitative estimate of drug-likeness (QED) is 0.0889. The molecule has 39 heavy (non-hydrogen) atoms. The Morgan fingerprint density at radius 1 is 0.667 bits per heavy atom. The average Bonchev–Trinajstić information content (AvgIpc) is 2.97. The molecule has 3 rings (SSSR count). The zero-order valence-corrected chi connectivity index (χ0v) is 23.9. The fraction of sp³-hybridized carbons (Fsp3) is 0.378. The summed E-state index contributed by atoms with van der Waals surface area (Å²) >= 11 is 0. The van der Waals surface area contributed by atoms with Crippen LogP contribution in [0.25, 0.3) is 11.6 Å². The largest absolute Gasteiger partial charge is 0.377 e. The van der Waals surface area contributed by atoms with Crippen LogP contribution in [0.1, 0.15) is 104 Å². The molecular weight excluding hydrogens is 476 g/mol. The smallest absolute Gasteiger partial charge is 0.185 e. The lowest BCUT2D eigenvalue weighted by Crippen LogP contribution is -1.96. The van der Waals surface area contributed by atoms with Crippen LogP contribution < -0.4 is 0 Å². The van der Waals surface area contributed by atoms with Crippen molar-refractivity contribution in [1.29, 1.82) is 0 Å². The lowest BCUT2D eigenvalue weighted by molar-refractivity contribution is 0.104. The van der Waals surface area contributed by atoms with E-state index in [-0.39, 0.29) is 5.78 Å². The predicted octanol–water partition coefficient (Wildman–Crippen LogP) is 10.3. The minimum atomic E-state index is 0.0434. The Balaban J connectivity index is 1.12. The van der Waals surface area contributed by atoms with Crippen molar-refractivity contribution in [1.82, 2.24) is 0 Å². The molecule has 3 aromatic carbocycles. The second-order valence-corrected chi connectivity index (χ2v) is 10.6. The Morgan fingerprint density at radius 3 is 1.85 bits per heavy atom. The van der Waals surface area contributed by atoms with Gasteiger partial charge in [0.2, 0.25) is 0 Å². The van der Waals surface area contributed by atoms with Gasteiger partial charge in [0.25, 0.3) is 0 Å². The molecule has 0 bridgehead atoms. The van der Waals surface area contributed by atoms with Gasteiger partial charge < -0.3 is 4.74 Å². The second kappa shape index (κ2) is 18.1. The van der Waals surface area contributed by atoms with E-state index < -0.39 is 0 Å². The van der Waals surface area contributed by atoms with Crippen LogP contribution in [0.2, 0.25) is 0 Å². The second-order valence-electron chi connectivity index (χ2n) is 10.6. The van der Waals surface area contributed by atoms with E-state index in [4.69, 9.17) is 4.74 Å². The molecule has 0 atom stereocenters. The number of rotatable bonds is 19. The first-order chi connectivity index (χ1) is 19.1. The summed E-state index contributed by atoms with van der Waals surface area (Å²) in [6.45, 7) is 7.58. The Labute approximate surface area is 236 Å². The van der Waals surface area contributed by atoms with Gasteiger partial charge in [-0.25, -0.2) is 0 Å². The van der Waals surface area contributed by atoms with Crippen molar-refractivity contribution in [3.8, 4) is 0 Å². The number of aryl methyl sites for hydroxylation is 1. The third-order valence-corrected chi connectivity index (χ3v) is 7.18. The average molecular weight is 523 g/mol. The van der Waals surface area contributed by atoms with Gasteiger partial charge in [-0.1, -0.05) is 148 Å². The minimum absolute atomic E-state index is 0.0434. The molecule has 0 aliphatic heterocycles. The number of benzene rings is 3. The first-order valence-electron chi connectivity index (χ1n) is 14.8. The molecule has 206 valence electrons. The van der Waals surface area contributed by atoms with Crippen molar-refractivity contribution in [3.05, 3.63) is 119 Å². The number of ketones is 1. The highest BCUT2D eigenvalue weighted by molar-refractivity contribution is 6.06. The Morgan fingerprint density at radius 2 is 1.23 bits per heavy atom. The van der Waals surface area contributed by atoms with Gasteiger partial charge >= 0.3 is 0 Å². The molecule has 0 heterocycles. The van der Waals surface area contributed by atoms with E-state index in [9.17, 15) is 4.79 Å². The zero-order chi connectivity index (χ0) is 27.5. The van der Waals surface area contributed by atoms with Gasteiger partial charge in [-0.2, -0.15) is 0 Å². The van der Waals surface area contributed by atoms with Crippen LogP contribution in [0.5, 0.6) is 0 Å². The SMILES string of the molecule is C=C(C)c1ccc(COCCCCCCCCCCCCc2ccc(C=CC(=O)c3ccccc3)cc2)cc1. The molecule has 0 amide bonds. The van der Waals surface area contributed by atoms with Crippen molar-refractivity contribution < 1.29 is 9.53 Å². The molecule has 0 saturated carbocycles. The van der Waals surface area contributed by atoms with Gasteiger partial charge in [-0.15, -0.1) is 0 Å². The van der Waals surface area contributed by atoms with Gasteiger partial charge in [0.15, 0.2) is 5.78 Å². The molecule has 0 N–H and O–H groups in total. The minimum Gasteiger partial charge on any atom is -0.377 e. The number of allylic oxidation sites excluding steroid dienone is 2. The molecule has 2 nitrogen and oxygen atoms in total. The third-order valence-electron chi connectivity index (χ3n) is 7.18. The molecule has 0 aliphatic rings. The molecular formula is C37H46O2. The number of hydrogen-bond donors (Lipinski definition) is 0. The molecule has 2 heteroatoms. The lowest BCUT2D eigenvalue weighted by atomic mass is 10.0. The Hall–Kier alpha value is -3.23. The number of unbranched alkanes of at least 4 members (excludes halogenated alkanes) is 9. The summed E-state index contributed by atoms with van der Waals surface area (Å²) in [7, 11) is 0. The van der Waals surface area contributed by atoms with Crippen LogP contribution >= 0.6 is 0 Å².